The van der Waals surface area contributed by atoms with E-state index in [0.717, 1.165) is 42.8 Å². The van der Waals surface area contributed by atoms with Gasteiger partial charge in [-0.3, -0.25) is 14.9 Å². The fourth-order valence-electron chi connectivity index (χ4n) is 3.88. The average Bonchev–Trinajstić information content (AvgIpc) is 3.22. The Morgan fingerprint density at radius 2 is 1.61 bits per heavy atom. The molecule has 144 valence electrons. The summed E-state index contributed by atoms with van der Waals surface area (Å²) >= 11 is 12.4. The van der Waals surface area contributed by atoms with E-state index in [1.807, 2.05) is 42.5 Å². The summed E-state index contributed by atoms with van der Waals surface area (Å²) in [6, 6.07) is 14.7. The second kappa shape index (κ2) is 8.58. The SMILES string of the molecule is O[C@H](c1cccnc1-c1cc(Cl)cc(Cl)c1)[C@H](c1ccccn1)N1CCCC1. The Kier molecular flexibility index (Phi) is 5.93. The Labute approximate surface area is 174 Å². The molecule has 0 spiro atoms. The van der Waals surface area contributed by atoms with Crippen LogP contribution in [-0.4, -0.2) is 33.1 Å². The van der Waals surface area contributed by atoms with Crippen molar-refractivity contribution in [2.45, 2.75) is 25.0 Å². The Balaban J connectivity index is 1.78. The zero-order chi connectivity index (χ0) is 19.5. The number of aliphatic hydroxyl groups excluding tert-OH is 1. The van der Waals surface area contributed by atoms with Crippen LogP contribution < -0.4 is 0 Å². The summed E-state index contributed by atoms with van der Waals surface area (Å²) in [6.45, 7) is 1.88. The number of benzene rings is 1. The van der Waals surface area contributed by atoms with Crippen LogP contribution in [0.5, 0.6) is 0 Å². The molecule has 1 aliphatic rings. The second-order valence-electron chi connectivity index (χ2n) is 6.99. The first kappa shape index (κ1) is 19.3. The largest absolute Gasteiger partial charge is 0.386 e. The van der Waals surface area contributed by atoms with Crippen LogP contribution >= 0.6 is 23.2 Å². The molecule has 1 saturated heterocycles. The van der Waals surface area contributed by atoms with Crippen molar-refractivity contribution in [1.82, 2.24) is 14.9 Å². The molecule has 1 fully saturated rings. The minimum atomic E-state index is -0.783. The van der Waals surface area contributed by atoms with Crippen molar-refractivity contribution in [2.75, 3.05) is 13.1 Å². The van der Waals surface area contributed by atoms with E-state index in [1.165, 1.54) is 0 Å². The van der Waals surface area contributed by atoms with Crippen LogP contribution in [0.25, 0.3) is 11.3 Å². The number of halogens is 2. The highest BCUT2D eigenvalue weighted by Crippen LogP contribution is 2.39. The summed E-state index contributed by atoms with van der Waals surface area (Å²) in [5.41, 5.74) is 3.06. The molecule has 3 heterocycles. The lowest BCUT2D eigenvalue weighted by molar-refractivity contribution is 0.0585. The molecule has 1 N–H and O–H groups in total. The van der Waals surface area contributed by atoms with Gasteiger partial charge in [0.15, 0.2) is 0 Å². The van der Waals surface area contributed by atoms with Gasteiger partial charge in [-0.25, -0.2) is 0 Å². The topological polar surface area (TPSA) is 49.3 Å². The Morgan fingerprint density at radius 1 is 0.893 bits per heavy atom. The summed E-state index contributed by atoms with van der Waals surface area (Å²) in [5.74, 6) is 0. The molecule has 0 saturated carbocycles. The van der Waals surface area contributed by atoms with Gasteiger partial charge in [-0.15, -0.1) is 0 Å². The van der Waals surface area contributed by atoms with E-state index < -0.39 is 6.10 Å². The van der Waals surface area contributed by atoms with Gasteiger partial charge in [0.2, 0.25) is 0 Å². The van der Waals surface area contributed by atoms with E-state index in [4.69, 9.17) is 23.2 Å². The Morgan fingerprint density at radius 3 is 2.29 bits per heavy atom. The van der Waals surface area contributed by atoms with Gasteiger partial charge in [0.25, 0.3) is 0 Å². The van der Waals surface area contributed by atoms with Gasteiger partial charge in [-0.1, -0.05) is 35.3 Å². The maximum absolute atomic E-state index is 11.5. The molecule has 2 atom stereocenters. The van der Waals surface area contributed by atoms with Crippen molar-refractivity contribution >= 4 is 23.2 Å². The third-order valence-corrected chi connectivity index (χ3v) is 5.55. The van der Waals surface area contributed by atoms with Crippen LogP contribution in [0, 0.1) is 0 Å². The molecule has 1 aliphatic heterocycles. The second-order valence-corrected chi connectivity index (χ2v) is 7.86. The van der Waals surface area contributed by atoms with Gasteiger partial charge < -0.3 is 5.11 Å². The van der Waals surface area contributed by atoms with Crippen LogP contribution in [0.1, 0.15) is 36.2 Å². The zero-order valence-electron chi connectivity index (χ0n) is 15.3. The van der Waals surface area contributed by atoms with Crippen LogP contribution in [-0.2, 0) is 0 Å². The van der Waals surface area contributed by atoms with E-state index >= 15 is 0 Å². The zero-order valence-corrected chi connectivity index (χ0v) is 16.8. The van der Waals surface area contributed by atoms with E-state index in [2.05, 4.69) is 14.9 Å². The third kappa shape index (κ3) is 4.06. The molecule has 2 aromatic heterocycles. The quantitative estimate of drug-likeness (QED) is 0.614. The predicted molar refractivity (Wildman–Crippen MR) is 112 cm³/mol. The highest BCUT2D eigenvalue weighted by atomic mass is 35.5. The molecule has 4 nitrogen and oxygen atoms in total. The summed E-state index contributed by atoms with van der Waals surface area (Å²) < 4.78 is 0. The number of rotatable bonds is 5. The molecular formula is C22H21Cl2N3O. The first-order valence-electron chi connectivity index (χ1n) is 9.38. The lowest BCUT2D eigenvalue weighted by Gasteiger charge is -2.32. The third-order valence-electron chi connectivity index (χ3n) is 5.12. The lowest BCUT2D eigenvalue weighted by Crippen LogP contribution is -2.31. The highest BCUT2D eigenvalue weighted by molar-refractivity contribution is 6.35. The number of aliphatic hydroxyl groups is 1. The summed E-state index contributed by atoms with van der Waals surface area (Å²) in [7, 11) is 0. The number of aromatic nitrogens is 2. The molecule has 3 aromatic rings. The predicted octanol–water partition coefficient (Wildman–Crippen LogP) is 5.32. The van der Waals surface area contributed by atoms with Crippen LogP contribution in [0.4, 0.5) is 0 Å². The Bertz CT molecular complexity index is 925. The van der Waals surface area contributed by atoms with Gasteiger partial charge in [0.1, 0.15) is 6.10 Å². The van der Waals surface area contributed by atoms with Crippen LogP contribution in [0.2, 0.25) is 10.0 Å². The fraction of sp³-hybridized carbons (Fsp3) is 0.273. The average molecular weight is 414 g/mol. The summed E-state index contributed by atoms with van der Waals surface area (Å²) in [5, 5.41) is 12.6. The molecular weight excluding hydrogens is 393 g/mol. The molecule has 0 bridgehead atoms. The van der Waals surface area contributed by atoms with E-state index in [0.29, 0.717) is 15.7 Å². The fourth-order valence-corrected chi connectivity index (χ4v) is 4.40. The van der Waals surface area contributed by atoms with Gasteiger partial charge in [-0.2, -0.15) is 0 Å². The van der Waals surface area contributed by atoms with Crippen LogP contribution in [0.3, 0.4) is 0 Å². The standard InChI is InChI=1S/C22H21Cl2N3O/c23-16-12-15(13-17(24)14-16)20-18(6-5-9-26-20)22(28)21(27-10-3-4-11-27)19-7-1-2-8-25-19/h1-2,5-9,12-14,21-22,28H,3-4,10-11H2/t21-,22+/m0/s1. The first-order chi connectivity index (χ1) is 13.6. The molecule has 1 aromatic carbocycles. The Hall–Kier alpha value is -1.98. The van der Waals surface area contributed by atoms with E-state index in [-0.39, 0.29) is 6.04 Å². The lowest BCUT2D eigenvalue weighted by atomic mass is 9.94. The van der Waals surface area contributed by atoms with Crippen molar-refractivity contribution in [2.24, 2.45) is 0 Å². The van der Waals surface area contributed by atoms with Crippen LogP contribution in [0.15, 0.2) is 60.9 Å². The maximum Gasteiger partial charge on any atom is 0.102 e. The summed E-state index contributed by atoms with van der Waals surface area (Å²) in [4.78, 5) is 11.4. The van der Waals surface area contributed by atoms with Gasteiger partial charge in [0.05, 0.1) is 17.4 Å². The number of likely N-dealkylation sites (tertiary alicyclic amines) is 1. The summed E-state index contributed by atoms with van der Waals surface area (Å²) in [6.07, 6.45) is 4.95. The molecule has 4 rings (SSSR count). The van der Waals surface area contributed by atoms with Crippen molar-refractivity contribution < 1.29 is 5.11 Å². The molecule has 0 radical (unpaired) electrons. The van der Waals surface area contributed by atoms with E-state index in [1.54, 1.807) is 18.5 Å². The maximum atomic E-state index is 11.5. The first-order valence-corrected chi connectivity index (χ1v) is 10.1. The normalized spacial score (nSPS) is 16.8. The van der Waals surface area contributed by atoms with Crippen molar-refractivity contribution in [1.29, 1.82) is 0 Å². The molecule has 0 unspecified atom stereocenters. The highest BCUT2D eigenvalue weighted by Gasteiger charge is 2.33. The van der Waals surface area contributed by atoms with E-state index in [9.17, 15) is 5.11 Å². The number of hydrogen-bond acceptors (Lipinski definition) is 4. The molecule has 0 amide bonds. The van der Waals surface area contributed by atoms with Gasteiger partial charge in [-0.05, 0) is 62.3 Å². The van der Waals surface area contributed by atoms with Crippen molar-refractivity contribution in [3.05, 3.63) is 82.2 Å². The van der Waals surface area contributed by atoms with Gasteiger partial charge in [0, 0.05) is 33.6 Å². The van der Waals surface area contributed by atoms with Crippen molar-refractivity contribution in [3.8, 4) is 11.3 Å². The minimum absolute atomic E-state index is 0.235. The number of pyridine rings is 2. The number of nitrogens with zero attached hydrogens (tertiary/aromatic N) is 3. The molecule has 6 heteroatoms. The number of hydrogen-bond donors (Lipinski definition) is 1. The minimum Gasteiger partial charge on any atom is -0.386 e. The monoisotopic (exact) mass is 413 g/mol. The molecule has 0 aliphatic carbocycles. The van der Waals surface area contributed by atoms with Gasteiger partial charge >= 0.3 is 0 Å². The van der Waals surface area contributed by atoms with Crippen molar-refractivity contribution in [3.63, 3.8) is 0 Å². The smallest absolute Gasteiger partial charge is 0.102 e. The molecule has 28 heavy (non-hydrogen) atoms.